The number of aliphatic hydroxyl groups excluding tert-OH is 9. The summed E-state index contributed by atoms with van der Waals surface area (Å²) in [5.74, 6) is 1.43. The predicted molar refractivity (Wildman–Crippen MR) is 519 cm³/mol. The van der Waals surface area contributed by atoms with Crippen molar-refractivity contribution in [2.45, 2.75) is 272 Å². The Hall–Kier alpha value is -6.22. The standard InChI is InChI=1S/C28H51NO5.C27H50N2O6.C26H40N2O4.C20H35NO5/c1-5-9-11-23(7-3)19-33-21-27(31)17-29(25-13-15-26(30)16-14-25)18-28(32)22-34-20-24(8-4)12-10-6-2;1-4-7-14-33-20-25(30)17-28-23-10-12-24(13-11-23)29(18-26(31)21-34-15-8-5-2)19-27(32)22-35-16-9-6-3;1-3-5-16-31-20-25(29)18-28(19-26(30)21-32-17-6-4-2)24-14-12-23(13-15-24)27-22-10-8-7-9-11-22;1-3-5-11-25-15-19(23)13-21(17-7-9-18(22)10-8-17)14-20(24)16-26-12-6-4-2/h13-16,23-24,27-28,30-32H,5-12,17-22H2,1-4H3;10-13,25-28,30-32H,4-9,14-22H2,1-3H3;7-15,25-27,29-30H,3-6,16-21H2,1-2H3;7-10,19-20,22-24H,3-6,11-16H2,1-2H3. The predicted octanol–water partition coefficient (Wildman–Crippen LogP) is 16.0. The van der Waals surface area contributed by atoms with E-state index in [1.807, 2.05) is 98.5 Å². The SMILES string of the molecule is CCCCC(CC)COCC(O)CN(CC(O)COCC(CC)CCCC)c1ccc(O)cc1.CCCCOCC(O)CN(CC(O)COCCCC)c1ccc(Nc2ccccc2)cc1.CCCCOCC(O)CN(CC(O)COCCCC)c1ccc(O)cc1.CCCCOCC(O)CNc1ccc(N(CC(O)COCCCC)CC(O)COCCCC)cc1. The number of rotatable bonds is 76. The number of anilines is 7. The van der Waals surface area contributed by atoms with Gasteiger partial charge in [-0.25, -0.2) is 0 Å². The largest absolute Gasteiger partial charge is 0.508 e. The van der Waals surface area contributed by atoms with Crippen molar-refractivity contribution in [3.63, 3.8) is 0 Å². The zero-order valence-corrected chi connectivity index (χ0v) is 80.0. The number of unbranched alkanes of at least 4 members (excludes halogenated alkanes) is 9. The molecule has 11 atom stereocenters. The highest BCUT2D eigenvalue weighted by atomic mass is 16.5. The van der Waals surface area contributed by atoms with Crippen LogP contribution in [0.1, 0.15) is 217 Å². The van der Waals surface area contributed by atoms with Gasteiger partial charge >= 0.3 is 0 Å². The molecular formula is C101H176N6O20. The number of phenolic OH excluding ortho intramolecular Hbond substituents is 2. The van der Waals surface area contributed by atoms with Crippen LogP contribution in [-0.4, -0.2) is 289 Å². The van der Waals surface area contributed by atoms with Crippen LogP contribution in [0.2, 0.25) is 0 Å². The molecule has 0 radical (unpaired) electrons. The van der Waals surface area contributed by atoms with E-state index >= 15 is 0 Å². The second-order valence-electron chi connectivity index (χ2n) is 33.4. The van der Waals surface area contributed by atoms with E-state index < -0.39 is 54.9 Å². The second-order valence-corrected chi connectivity index (χ2v) is 33.4. The first-order valence-corrected chi connectivity index (χ1v) is 48.3. The summed E-state index contributed by atoms with van der Waals surface area (Å²) in [6, 6.07) is 39.3. The van der Waals surface area contributed by atoms with E-state index in [1.54, 1.807) is 48.5 Å². The lowest BCUT2D eigenvalue weighted by molar-refractivity contribution is 0.0133. The number of ether oxygens (including phenoxy) is 9. The molecule has 0 aliphatic rings. The molecule has 11 unspecified atom stereocenters. The molecule has 13 N–H and O–H groups in total. The number of hydrogen-bond acceptors (Lipinski definition) is 26. The van der Waals surface area contributed by atoms with E-state index in [0.717, 1.165) is 155 Å². The van der Waals surface area contributed by atoms with Crippen molar-refractivity contribution in [1.82, 2.24) is 0 Å². The van der Waals surface area contributed by atoms with E-state index in [9.17, 15) is 56.2 Å². The molecule has 0 bridgehead atoms. The molecule has 5 rings (SSSR count). The average molecular weight is 1790 g/mol. The molecule has 0 saturated heterocycles. The molecule has 0 aliphatic carbocycles. The summed E-state index contributed by atoms with van der Waals surface area (Å²) in [5, 5.41) is 120. The minimum absolute atomic E-state index is 0.181. The van der Waals surface area contributed by atoms with Crippen molar-refractivity contribution in [3.8, 4) is 11.5 Å². The van der Waals surface area contributed by atoms with Crippen LogP contribution >= 0.6 is 0 Å². The number of phenols is 2. The molecule has 5 aromatic carbocycles. The average Bonchev–Trinajstić information content (AvgIpc) is 0.866. The Bertz CT molecular complexity index is 3110. The number of para-hydroxylation sites is 1. The molecule has 0 fully saturated rings. The van der Waals surface area contributed by atoms with Gasteiger partial charge in [-0.05, 0) is 179 Å². The van der Waals surface area contributed by atoms with Gasteiger partial charge in [0.2, 0.25) is 0 Å². The maximum atomic E-state index is 10.6. The van der Waals surface area contributed by atoms with Gasteiger partial charge in [0.05, 0.1) is 114 Å². The Morgan fingerprint density at radius 1 is 0.244 bits per heavy atom. The fourth-order valence-corrected chi connectivity index (χ4v) is 13.3. The van der Waals surface area contributed by atoms with Crippen molar-refractivity contribution in [2.75, 3.05) is 208 Å². The third-order valence-corrected chi connectivity index (χ3v) is 21.0. The number of nitrogens with zero attached hydrogens (tertiary/aromatic N) is 4. The zero-order valence-electron chi connectivity index (χ0n) is 80.0. The van der Waals surface area contributed by atoms with E-state index in [1.165, 1.54) is 25.7 Å². The van der Waals surface area contributed by atoms with Gasteiger partial charge in [0, 0.05) is 158 Å². The van der Waals surface area contributed by atoms with Gasteiger partial charge in [0.1, 0.15) is 11.5 Å². The maximum absolute atomic E-state index is 10.6. The van der Waals surface area contributed by atoms with E-state index in [-0.39, 0.29) is 64.4 Å². The maximum Gasteiger partial charge on any atom is 0.115 e. The van der Waals surface area contributed by atoms with Crippen molar-refractivity contribution in [1.29, 1.82) is 0 Å². The van der Waals surface area contributed by atoms with E-state index in [2.05, 4.69) is 86.8 Å². The molecule has 127 heavy (non-hydrogen) atoms. The van der Waals surface area contributed by atoms with Crippen molar-refractivity contribution in [3.05, 3.63) is 127 Å². The molecule has 26 heteroatoms. The summed E-state index contributed by atoms with van der Waals surface area (Å²) in [6.07, 6.45) is 17.7. The van der Waals surface area contributed by atoms with Gasteiger partial charge in [0.25, 0.3) is 0 Å². The highest BCUT2D eigenvalue weighted by Gasteiger charge is 2.24. The van der Waals surface area contributed by atoms with Crippen LogP contribution in [0.15, 0.2) is 127 Å². The van der Waals surface area contributed by atoms with Gasteiger partial charge in [-0.2, -0.15) is 0 Å². The Morgan fingerprint density at radius 2 is 0.465 bits per heavy atom. The molecule has 5 aromatic rings. The highest BCUT2D eigenvalue weighted by Crippen LogP contribution is 2.26. The fourth-order valence-electron chi connectivity index (χ4n) is 13.3. The lowest BCUT2D eigenvalue weighted by Crippen LogP contribution is -2.41. The third-order valence-electron chi connectivity index (χ3n) is 21.0. The van der Waals surface area contributed by atoms with Crippen LogP contribution < -0.4 is 30.2 Å². The number of aliphatic hydroxyl groups is 9. The molecule has 0 heterocycles. The second kappa shape index (κ2) is 78.4. The summed E-state index contributed by atoms with van der Waals surface area (Å²) in [7, 11) is 0. The molecular weight excluding hydrogens is 1620 g/mol. The normalized spacial score (nSPS) is 14.0. The Labute approximate surface area is 765 Å². The first-order valence-electron chi connectivity index (χ1n) is 48.3. The van der Waals surface area contributed by atoms with Gasteiger partial charge in [-0.15, -0.1) is 0 Å². The van der Waals surface area contributed by atoms with Crippen LogP contribution in [-0.2, 0) is 42.6 Å². The topological polar surface area (TPSA) is 343 Å². The molecule has 0 aliphatic heterocycles. The van der Waals surface area contributed by atoms with Crippen LogP contribution in [0.25, 0.3) is 0 Å². The van der Waals surface area contributed by atoms with Gasteiger partial charge < -0.3 is 129 Å². The minimum atomic E-state index is -0.677. The number of aromatic hydroxyl groups is 2. The third kappa shape index (κ3) is 61.2. The molecule has 0 saturated carbocycles. The summed E-state index contributed by atoms with van der Waals surface area (Å²) in [4.78, 5) is 7.78. The van der Waals surface area contributed by atoms with E-state index in [4.69, 9.17) is 42.6 Å². The van der Waals surface area contributed by atoms with Gasteiger partial charge in [-0.1, -0.05) is 178 Å². The van der Waals surface area contributed by atoms with Crippen LogP contribution in [0.5, 0.6) is 11.5 Å². The first kappa shape index (κ1) is 117. The summed E-state index contributed by atoms with van der Waals surface area (Å²) in [6.45, 7) is 35.0. The zero-order chi connectivity index (χ0) is 93.1. The first-order chi connectivity index (χ1) is 61.6. The van der Waals surface area contributed by atoms with Crippen LogP contribution in [0.3, 0.4) is 0 Å². The fraction of sp³-hybridized carbons (Fsp3) is 0.703. The van der Waals surface area contributed by atoms with E-state index in [0.29, 0.717) is 137 Å². The molecule has 0 aromatic heterocycles. The Balaban J connectivity index is 0.000000576. The van der Waals surface area contributed by atoms with Gasteiger partial charge in [0.15, 0.2) is 0 Å². The summed E-state index contributed by atoms with van der Waals surface area (Å²) in [5.41, 5.74) is 6.36. The Morgan fingerprint density at radius 3 is 0.709 bits per heavy atom. The molecule has 730 valence electrons. The minimum Gasteiger partial charge on any atom is -0.508 e. The van der Waals surface area contributed by atoms with Crippen molar-refractivity contribution in [2.24, 2.45) is 11.8 Å². The smallest absolute Gasteiger partial charge is 0.115 e. The lowest BCUT2D eigenvalue weighted by Gasteiger charge is -2.30. The number of nitrogens with one attached hydrogen (secondary N) is 2. The van der Waals surface area contributed by atoms with Crippen molar-refractivity contribution >= 4 is 39.8 Å². The summed E-state index contributed by atoms with van der Waals surface area (Å²) >= 11 is 0. The van der Waals surface area contributed by atoms with Crippen LogP contribution in [0, 0.1) is 11.8 Å². The quantitative estimate of drug-likeness (QED) is 0.0161. The van der Waals surface area contributed by atoms with Gasteiger partial charge in [-0.3, -0.25) is 0 Å². The molecule has 0 amide bonds. The lowest BCUT2D eigenvalue weighted by atomic mass is 10.0. The van der Waals surface area contributed by atoms with Crippen LogP contribution in [0.4, 0.5) is 39.8 Å². The number of benzene rings is 5. The van der Waals surface area contributed by atoms with Crippen molar-refractivity contribution < 1.29 is 98.8 Å². The summed E-state index contributed by atoms with van der Waals surface area (Å²) < 4.78 is 50.4. The molecule has 0 spiro atoms. The highest BCUT2D eigenvalue weighted by molar-refractivity contribution is 5.63. The number of hydrogen-bond donors (Lipinski definition) is 13. The molecule has 26 nitrogen and oxygen atoms in total. The monoisotopic (exact) mass is 1790 g/mol. The Kier molecular flexibility index (Phi) is 72.2.